The predicted octanol–water partition coefficient (Wildman–Crippen LogP) is 3.37. The summed E-state index contributed by atoms with van der Waals surface area (Å²) in [4.78, 5) is 0. The summed E-state index contributed by atoms with van der Waals surface area (Å²) >= 11 is 0. The molecule has 0 saturated carbocycles. The molecule has 0 fully saturated rings. The number of hydrogen-bond acceptors (Lipinski definition) is 2. The second-order valence-corrected chi connectivity index (χ2v) is 5.91. The van der Waals surface area contributed by atoms with E-state index in [4.69, 9.17) is 5.73 Å². The van der Waals surface area contributed by atoms with Crippen LogP contribution in [0.5, 0.6) is 0 Å². The number of benzene rings is 1. The summed E-state index contributed by atoms with van der Waals surface area (Å²) in [6.45, 7) is 10.6. The van der Waals surface area contributed by atoms with Crippen LogP contribution in [0.25, 0.3) is 5.69 Å². The zero-order valence-electron chi connectivity index (χ0n) is 11.8. The molecule has 0 aliphatic carbocycles. The molecular weight excluding hydrogens is 222 g/mol. The van der Waals surface area contributed by atoms with Gasteiger partial charge in [-0.05, 0) is 31.0 Å². The molecule has 0 spiro atoms. The fraction of sp³-hybridized carbons (Fsp3) is 0.400. The van der Waals surface area contributed by atoms with E-state index < -0.39 is 0 Å². The monoisotopic (exact) mass is 243 g/mol. The smallest absolute Gasteiger partial charge is 0.127 e. The molecule has 1 heterocycles. The second kappa shape index (κ2) is 4.16. The molecule has 3 nitrogen and oxygen atoms in total. The van der Waals surface area contributed by atoms with Crippen molar-refractivity contribution in [1.29, 1.82) is 0 Å². The highest BCUT2D eigenvalue weighted by Gasteiger charge is 2.19. The molecule has 96 valence electrons. The molecule has 2 rings (SSSR count). The van der Waals surface area contributed by atoms with Gasteiger partial charge < -0.3 is 5.73 Å². The lowest BCUT2D eigenvalue weighted by Gasteiger charge is -2.14. The van der Waals surface area contributed by atoms with Crippen LogP contribution < -0.4 is 5.73 Å². The van der Waals surface area contributed by atoms with Crippen molar-refractivity contribution in [2.45, 2.75) is 40.0 Å². The minimum absolute atomic E-state index is 0.0110. The third-order valence-corrected chi connectivity index (χ3v) is 3.10. The Hall–Kier alpha value is -1.77. The quantitative estimate of drug-likeness (QED) is 0.834. The highest BCUT2D eigenvalue weighted by atomic mass is 15.3. The lowest BCUT2D eigenvalue weighted by atomic mass is 9.92. The highest BCUT2D eigenvalue weighted by Crippen LogP contribution is 2.26. The Morgan fingerprint density at radius 1 is 1.11 bits per heavy atom. The third kappa shape index (κ3) is 2.26. The first kappa shape index (κ1) is 12.7. The van der Waals surface area contributed by atoms with E-state index in [9.17, 15) is 0 Å². The molecule has 0 aliphatic heterocycles. The van der Waals surface area contributed by atoms with Gasteiger partial charge in [-0.25, -0.2) is 4.68 Å². The standard InChI is InChI=1S/C15H21N3/c1-10-6-7-11(2)12(8-10)18-14(16)9-13(17-18)15(3,4)5/h6-9H,16H2,1-5H3. The number of nitrogens with zero attached hydrogens (tertiary/aromatic N) is 2. The zero-order valence-corrected chi connectivity index (χ0v) is 11.8. The summed E-state index contributed by atoms with van der Waals surface area (Å²) in [6.07, 6.45) is 0. The Labute approximate surface area is 109 Å². The van der Waals surface area contributed by atoms with E-state index >= 15 is 0 Å². The van der Waals surface area contributed by atoms with Gasteiger partial charge >= 0.3 is 0 Å². The molecule has 3 heteroatoms. The van der Waals surface area contributed by atoms with Crippen molar-refractivity contribution in [3.8, 4) is 5.69 Å². The van der Waals surface area contributed by atoms with Crippen LogP contribution in [0.4, 0.5) is 5.82 Å². The maximum Gasteiger partial charge on any atom is 0.127 e. The summed E-state index contributed by atoms with van der Waals surface area (Å²) < 4.78 is 1.84. The third-order valence-electron chi connectivity index (χ3n) is 3.10. The van der Waals surface area contributed by atoms with Crippen molar-refractivity contribution >= 4 is 5.82 Å². The number of aromatic nitrogens is 2. The topological polar surface area (TPSA) is 43.8 Å². The van der Waals surface area contributed by atoms with E-state index in [1.165, 1.54) is 11.1 Å². The number of rotatable bonds is 1. The van der Waals surface area contributed by atoms with Gasteiger partial charge in [-0.15, -0.1) is 0 Å². The Kier molecular flexibility index (Phi) is 2.93. The average molecular weight is 243 g/mol. The molecular formula is C15H21N3. The molecule has 0 bridgehead atoms. The number of nitrogens with two attached hydrogens (primary N) is 1. The normalized spacial score (nSPS) is 11.8. The Morgan fingerprint density at radius 2 is 1.78 bits per heavy atom. The maximum atomic E-state index is 6.09. The van der Waals surface area contributed by atoms with Crippen molar-refractivity contribution in [3.05, 3.63) is 41.1 Å². The first-order valence-corrected chi connectivity index (χ1v) is 6.22. The highest BCUT2D eigenvalue weighted by molar-refractivity contribution is 5.49. The van der Waals surface area contributed by atoms with Crippen LogP contribution in [0, 0.1) is 13.8 Å². The summed E-state index contributed by atoms with van der Waals surface area (Å²) in [6, 6.07) is 8.28. The number of anilines is 1. The van der Waals surface area contributed by atoms with E-state index in [2.05, 4.69) is 57.9 Å². The van der Waals surface area contributed by atoms with Gasteiger partial charge in [-0.3, -0.25) is 0 Å². The van der Waals surface area contributed by atoms with Crippen LogP contribution in [-0.4, -0.2) is 9.78 Å². The fourth-order valence-corrected chi connectivity index (χ4v) is 1.90. The Bertz CT molecular complexity index is 574. The maximum absolute atomic E-state index is 6.09. The molecule has 1 aromatic heterocycles. The molecule has 0 atom stereocenters. The van der Waals surface area contributed by atoms with Crippen LogP contribution >= 0.6 is 0 Å². The van der Waals surface area contributed by atoms with Crippen molar-refractivity contribution in [2.24, 2.45) is 0 Å². The van der Waals surface area contributed by atoms with Crippen molar-refractivity contribution < 1.29 is 0 Å². The van der Waals surface area contributed by atoms with Gasteiger partial charge in [0.15, 0.2) is 0 Å². The van der Waals surface area contributed by atoms with Crippen LogP contribution in [0.3, 0.4) is 0 Å². The minimum Gasteiger partial charge on any atom is -0.384 e. The molecule has 2 aromatic rings. The SMILES string of the molecule is Cc1ccc(C)c(-n2nc(C(C)(C)C)cc2N)c1. The van der Waals surface area contributed by atoms with Gasteiger partial charge in [-0.1, -0.05) is 32.9 Å². The summed E-state index contributed by atoms with van der Waals surface area (Å²) in [5, 5.41) is 4.64. The van der Waals surface area contributed by atoms with E-state index in [0.717, 1.165) is 11.4 Å². The summed E-state index contributed by atoms with van der Waals surface area (Å²) in [5.41, 5.74) is 10.6. The minimum atomic E-state index is 0.0110. The van der Waals surface area contributed by atoms with Gasteiger partial charge in [0.05, 0.1) is 11.4 Å². The predicted molar refractivity (Wildman–Crippen MR) is 76.2 cm³/mol. The van der Waals surface area contributed by atoms with Crippen LogP contribution in [-0.2, 0) is 5.41 Å². The molecule has 0 unspecified atom stereocenters. The number of nitrogen functional groups attached to an aromatic ring is 1. The molecule has 1 aromatic carbocycles. The first-order valence-electron chi connectivity index (χ1n) is 6.22. The second-order valence-electron chi connectivity index (χ2n) is 5.91. The molecule has 0 aliphatic rings. The van der Waals surface area contributed by atoms with Gasteiger partial charge in [0.2, 0.25) is 0 Å². The van der Waals surface area contributed by atoms with Crippen LogP contribution in [0.15, 0.2) is 24.3 Å². The van der Waals surface area contributed by atoms with Crippen molar-refractivity contribution in [2.75, 3.05) is 5.73 Å². The molecule has 0 saturated heterocycles. The van der Waals surface area contributed by atoms with Crippen molar-refractivity contribution in [1.82, 2.24) is 9.78 Å². The molecule has 18 heavy (non-hydrogen) atoms. The summed E-state index contributed by atoms with van der Waals surface area (Å²) in [5.74, 6) is 0.689. The average Bonchev–Trinajstić information content (AvgIpc) is 2.64. The molecule has 0 amide bonds. The number of aryl methyl sites for hydroxylation is 2. The fourth-order valence-electron chi connectivity index (χ4n) is 1.90. The zero-order chi connectivity index (χ0) is 13.5. The van der Waals surface area contributed by atoms with Crippen LogP contribution in [0.2, 0.25) is 0 Å². The summed E-state index contributed by atoms with van der Waals surface area (Å²) in [7, 11) is 0. The number of hydrogen-bond donors (Lipinski definition) is 1. The van der Waals surface area contributed by atoms with E-state index in [0.29, 0.717) is 5.82 Å². The van der Waals surface area contributed by atoms with E-state index in [1.54, 1.807) is 0 Å². The van der Waals surface area contributed by atoms with Gasteiger partial charge in [0, 0.05) is 11.5 Å². The van der Waals surface area contributed by atoms with Crippen LogP contribution in [0.1, 0.15) is 37.6 Å². The molecule has 0 radical (unpaired) electrons. The van der Waals surface area contributed by atoms with Gasteiger partial charge in [-0.2, -0.15) is 5.10 Å². The lowest BCUT2D eigenvalue weighted by Crippen LogP contribution is -2.13. The van der Waals surface area contributed by atoms with E-state index in [-0.39, 0.29) is 5.41 Å². The van der Waals surface area contributed by atoms with Gasteiger partial charge in [0.1, 0.15) is 5.82 Å². The van der Waals surface area contributed by atoms with E-state index in [1.807, 2.05) is 10.7 Å². The van der Waals surface area contributed by atoms with Crippen molar-refractivity contribution in [3.63, 3.8) is 0 Å². The first-order chi connectivity index (χ1) is 8.29. The Morgan fingerprint density at radius 3 is 2.33 bits per heavy atom. The lowest BCUT2D eigenvalue weighted by molar-refractivity contribution is 0.560. The van der Waals surface area contributed by atoms with Gasteiger partial charge in [0.25, 0.3) is 0 Å². The molecule has 2 N–H and O–H groups in total. The Balaban J connectivity index is 2.58. The largest absolute Gasteiger partial charge is 0.384 e.